The molecule has 0 bridgehead atoms. The smallest absolute Gasteiger partial charge is 0.120 e. The largest absolute Gasteiger partial charge is 0.497 e. The quantitative estimate of drug-likeness (QED) is 0.919. The maximum Gasteiger partial charge on any atom is 0.120 e. The first-order valence-corrected chi connectivity index (χ1v) is 6.95. The number of benzene rings is 1. The van der Waals surface area contributed by atoms with Crippen LogP contribution in [-0.4, -0.2) is 16.9 Å². The van der Waals surface area contributed by atoms with E-state index < -0.39 is 0 Å². The zero-order valence-corrected chi connectivity index (χ0v) is 12.9. The van der Waals surface area contributed by atoms with Gasteiger partial charge < -0.3 is 10.1 Å². The van der Waals surface area contributed by atoms with E-state index in [9.17, 15) is 0 Å². The second-order valence-electron chi connectivity index (χ2n) is 4.44. The van der Waals surface area contributed by atoms with Crippen molar-refractivity contribution < 1.29 is 4.74 Å². The van der Waals surface area contributed by atoms with Gasteiger partial charge in [0.25, 0.3) is 0 Å². The first-order valence-electron chi connectivity index (χ1n) is 6.15. The van der Waals surface area contributed by atoms with Crippen LogP contribution in [0.25, 0.3) is 0 Å². The van der Waals surface area contributed by atoms with Gasteiger partial charge in [0, 0.05) is 30.3 Å². The molecule has 5 heteroatoms. The van der Waals surface area contributed by atoms with Crippen LogP contribution in [0.2, 0.25) is 0 Å². The number of aromatic nitrogens is 2. The lowest BCUT2D eigenvalue weighted by molar-refractivity contribution is 0.414. The van der Waals surface area contributed by atoms with Gasteiger partial charge in [-0.2, -0.15) is 5.10 Å². The highest BCUT2D eigenvalue weighted by molar-refractivity contribution is 9.10. The lowest BCUT2D eigenvalue weighted by atomic mass is 10.1. The summed E-state index contributed by atoms with van der Waals surface area (Å²) < 4.78 is 8.13. The molecule has 2 aromatic rings. The average molecular weight is 324 g/mol. The predicted molar refractivity (Wildman–Crippen MR) is 79.2 cm³/mol. The third-order valence-electron chi connectivity index (χ3n) is 3.19. The zero-order valence-electron chi connectivity index (χ0n) is 11.4. The van der Waals surface area contributed by atoms with Gasteiger partial charge in [-0.15, -0.1) is 0 Å². The van der Waals surface area contributed by atoms with Gasteiger partial charge in [0.2, 0.25) is 0 Å². The highest BCUT2D eigenvalue weighted by Crippen LogP contribution is 2.27. The van der Waals surface area contributed by atoms with Crippen LogP contribution in [0.4, 0.5) is 0 Å². The van der Waals surface area contributed by atoms with Crippen LogP contribution in [0.1, 0.15) is 24.2 Å². The molecule has 102 valence electrons. The van der Waals surface area contributed by atoms with E-state index in [2.05, 4.69) is 39.3 Å². The summed E-state index contributed by atoms with van der Waals surface area (Å²) >= 11 is 3.58. The number of rotatable bonds is 5. The van der Waals surface area contributed by atoms with Crippen molar-refractivity contribution in [2.45, 2.75) is 19.5 Å². The minimum Gasteiger partial charge on any atom is -0.497 e. The molecule has 1 N–H and O–H groups in total. The fraction of sp³-hybridized carbons (Fsp3) is 0.357. The van der Waals surface area contributed by atoms with E-state index in [1.807, 2.05) is 36.1 Å². The minimum atomic E-state index is 0.246. The number of halogens is 1. The molecule has 0 saturated heterocycles. The molecular formula is C14H18BrN3O. The van der Waals surface area contributed by atoms with Gasteiger partial charge in [0.1, 0.15) is 5.75 Å². The fourth-order valence-electron chi connectivity index (χ4n) is 1.93. The van der Waals surface area contributed by atoms with Gasteiger partial charge >= 0.3 is 0 Å². The first-order chi connectivity index (χ1) is 9.11. The van der Waals surface area contributed by atoms with Gasteiger partial charge in [-0.05, 0) is 30.7 Å². The second-order valence-corrected chi connectivity index (χ2v) is 5.29. The highest BCUT2D eigenvalue weighted by atomic mass is 79.9. The van der Waals surface area contributed by atoms with Gasteiger partial charge in [-0.25, -0.2) is 0 Å². The Hall–Kier alpha value is -1.33. The Labute approximate surface area is 121 Å². The number of nitrogens with one attached hydrogen (secondary N) is 1. The van der Waals surface area contributed by atoms with Crippen LogP contribution in [-0.2, 0) is 13.6 Å². The number of hydrogen-bond acceptors (Lipinski definition) is 3. The van der Waals surface area contributed by atoms with E-state index in [0.717, 1.165) is 22.5 Å². The Morgan fingerprint density at radius 3 is 2.79 bits per heavy atom. The third-order valence-corrected chi connectivity index (χ3v) is 3.87. The molecule has 1 aromatic heterocycles. The van der Waals surface area contributed by atoms with E-state index >= 15 is 0 Å². The first kappa shape index (κ1) is 14.1. The van der Waals surface area contributed by atoms with Crippen molar-refractivity contribution in [1.29, 1.82) is 0 Å². The molecule has 1 atom stereocenters. The molecule has 0 radical (unpaired) electrons. The van der Waals surface area contributed by atoms with Crippen molar-refractivity contribution in [2.75, 3.05) is 7.11 Å². The van der Waals surface area contributed by atoms with Crippen molar-refractivity contribution in [2.24, 2.45) is 7.05 Å². The summed E-state index contributed by atoms with van der Waals surface area (Å²) in [7, 11) is 3.62. The number of aryl methyl sites for hydroxylation is 1. The standard InChI is InChI=1S/C14H18BrN3O/c1-10(16-9-11-6-7-17-18(11)2)13-5-4-12(19-3)8-14(13)15/h4-8,10,16H,9H2,1-3H3/t10-/m0/s1. The van der Waals surface area contributed by atoms with Crippen LogP contribution in [0, 0.1) is 0 Å². The molecule has 0 amide bonds. The SMILES string of the molecule is COc1ccc([C@H](C)NCc2ccnn2C)c(Br)c1. The Bertz CT molecular complexity index is 553. The van der Waals surface area contributed by atoms with Gasteiger partial charge in [-0.1, -0.05) is 22.0 Å². The summed E-state index contributed by atoms with van der Waals surface area (Å²) in [5.74, 6) is 0.856. The summed E-state index contributed by atoms with van der Waals surface area (Å²) in [6.07, 6.45) is 1.81. The minimum absolute atomic E-state index is 0.246. The normalized spacial score (nSPS) is 12.4. The van der Waals surface area contributed by atoms with Crippen LogP contribution >= 0.6 is 15.9 Å². The summed E-state index contributed by atoms with van der Waals surface area (Å²) in [6, 6.07) is 8.29. The second kappa shape index (κ2) is 6.21. The Balaban J connectivity index is 2.03. The summed E-state index contributed by atoms with van der Waals surface area (Å²) in [5.41, 5.74) is 2.37. The zero-order chi connectivity index (χ0) is 13.8. The molecule has 1 aromatic carbocycles. The van der Waals surface area contributed by atoms with E-state index in [-0.39, 0.29) is 6.04 Å². The molecule has 19 heavy (non-hydrogen) atoms. The van der Waals surface area contributed by atoms with Crippen LogP contribution in [0.5, 0.6) is 5.75 Å². The summed E-state index contributed by atoms with van der Waals surface area (Å²) in [4.78, 5) is 0. The van der Waals surface area contributed by atoms with Crippen LogP contribution in [0.3, 0.4) is 0 Å². The van der Waals surface area contributed by atoms with Crippen LogP contribution in [0.15, 0.2) is 34.9 Å². The number of nitrogens with zero attached hydrogens (tertiary/aromatic N) is 2. The number of hydrogen-bond donors (Lipinski definition) is 1. The molecule has 1 heterocycles. The lowest BCUT2D eigenvalue weighted by Gasteiger charge is -2.16. The van der Waals surface area contributed by atoms with Crippen LogP contribution < -0.4 is 10.1 Å². The van der Waals surface area contributed by atoms with Gasteiger partial charge in [-0.3, -0.25) is 4.68 Å². The predicted octanol–water partition coefficient (Wildman–Crippen LogP) is 3.04. The van der Waals surface area contributed by atoms with E-state index in [1.54, 1.807) is 7.11 Å². The van der Waals surface area contributed by atoms with Gasteiger partial charge in [0.05, 0.1) is 12.8 Å². The molecular weight excluding hydrogens is 306 g/mol. The number of ether oxygens (including phenoxy) is 1. The molecule has 4 nitrogen and oxygen atoms in total. The molecule has 0 aliphatic rings. The molecule has 0 aliphatic heterocycles. The maximum atomic E-state index is 5.20. The van der Waals surface area contributed by atoms with E-state index in [1.165, 1.54) is 5.56 Å². The van der Waals surface area contributed by atoms with Crippen molar-refractivity contribution in [3.8, 4) is 5.75 Å². The van der Waals surface area contributed by atoms with Crippen molar-refractivity contribution in [1.82, 2.24) is 15.1 Å². The highest BCUT2D eigenvalue weighted by Gasteiger charge is 2.10. The maximum absolute atomic E-state index is 5.20. The molecule has 0 fully saturated rings. The molecule has 0 unspecified atom stereocenters. The molecule has 0 saturated carbocycles. The van der Waals surface area contributed by atoms with E-state index in [0.29, 0.717) is 0 Å². The van der Waals surface area contributed by atoms with Gasteiger partial charge in [0.15, 0.2) is 0 Å². The monoisotopic (exact) mass is 323 g/mol. The fourth-order valence-corrected chi connectivity index (χ4v) is 2.63. The van der Waals surface area contributed by atoms with E-state index in [4.69, 9.17) is 4.74 Å². The van der Waals surface area contributed by atoms with Crippen molar-refractivity contribution >= 4 is 15.9 Å². The topological polar surface area (TPSA) is 39.1 Å². The lowest BCUT2D eigenvalue weighted by Crippen LogP contribution is -2.20. The van der Waals surface area contributed by atoms with Crippen molar-refractivity contribution in [3.05, 3.63) is 46.2 Å². The summed E-state index contributed by atoms with van der Waals surface area (Å²) in [5, 5.41) is 7.65. The average Bonchev–Trinajstić information content (AvgIpc) is 2.81. The summed E-state index contributed by atoms with van der Waals surface area (Å²) in [6.45, 7) is 2.93. The molecule has 2 rings (SSSR count). The molecule has 0 spiro atoms. The third kappa shape index (κ3) is 3.36. The molecule has 0 aliphatic carbocycles. The Kier molecular flexibility index (Phi) is 4.61. The Morgan fingerprint density at radius 1 is 1.42 bits per heavy atom. The van der Waals surface area contributed by atoms with Crippen molar-refractivity contribution in [3.63, 3.8) is 0 Å². The Morgan fingerprint density at radius 2 is 2.21 bits per heavy atom. The number of methoxy groups -OCH3 is 1.